The van der Waals surface area contributed by atoms with Gasteiger partial charge in [0.15, 0.2) is 0 Å². The molecule has 0 radical (unpaired) electrons. The quantitative estimate of drug-likeness (QED) is 0.762. The molecule has 0 saturated carbocycles. The summed E-state index contributed by atoms with van der Waals surface area (Å²) in [5.74, 6) is 0. The smallest absolute Gasteiger partial charge is 0.274 e. The van der Waals surface area contributed by atoms with Crippen LogP contribution in [0.25, 0.3) is 10.8 Å². The first-order chi connectivity index (χ1) is 12.7. The molecule has 0 amide bonds. The molecule has 4 rings (SSSR count). The van der Waals surface area contributed by atoms with Gasteiger partial charge in [-0.3, -0.25) is 4.79 Å². The zero-order valence-corrected chi connectivity index (χ0v) is 15.4. The second kappa shape index (κ2) is 7.60. The van der Waals surface area contributed by atoms with Gasteiger partial charge in [0, 0.05) is 23.4 Å². The Morgan fingerprint density at radius 1 is 1.08 bits per heavy atom. The summed E-state index contributed by atoms with van der Waals surface area (Å²) in [7, 11) is 0. The highest BCUT2D eigenvalue weighted by atomic mass is 35.5. The van der Waals surface area contributed by atoms with Crippen molar-refractivity contribution in [3.8, 4) is 0 Å². The molecule has 3 aromatic rings. The molecular formula is C21H22ClN3O. The maximum absolute atomic E-state index is 13.0. The highest BCUT2D eigenvalue weighted by molar-refractivity contribution is 6.30. The molecule has 0 bridgehead atoms. The average molecular weight is 368 g/mol. The predicted molar refractivity (Wildman–Crippen MR) is 106 cm³/mol. The van der Waals surface area contributed by atoms with Crippen LogP contribution in [0.2, 0.25) is 5.02 Å². The minimum atomic E-state index is 0.00848. The van der Waals surface area contributed by atoms with E-state index in [1.165, 1.54) is 0 Å². The van der Waals surface area contributed by atoms with Crippen LogP contribution in [0, 0.1) is 0 Å². The minimum absolute atomic E-state index is 0.00848. The fraction of sp³-hybridized carbons (Fsp3) is 0.333. The maximum atomic E-state index is 13.0. The van der Waals surface area contributed by atoms with Crippen molar-refractivity contribution >= 4 is 22.4 Å². The lowest BCUT2D eigenvalue weighted by Crippen LogP contribution is -2.33. The largest absolute Gasteiger partial charge is 0.315 e. The molecule has 1 aliphatic rings. The van der Waals surface area contributed by atoms with Crippen molar-refractivity contribution in [2.24, 2.45) is 0 Å². The topological polar surface area (TPSA) is 46.9 Å². The van der Waals surface area contributed by atoms with Crippen molar-refractivity contribution in [1.82, 2.24) is 15.1 Å². The van der Waals surface area contributed by atoms with Gasteiger partial charge >= 0.3 is 0 Å². The number of nitrogens with one attached hydrogen (secondary N) is 1. The van der Waals surface area contributed by atoms with Crippen LogP contribution in [0.3, 0.4) is 0 Å². The molecule has 5 heteroatoms. The van der Waals surface area contributed by atoms with E-state index in [1.807, 2.05) is 48.5 Å². The van der Waals surface area contributed by atoms with E-state index in [2.05, 4.69) is 5.32 Å². The van der Waals surface area contributed by atoms with E-state index in [1.54, 1.807) is 4.68 Å². The molecule has 0 aliphatic carbocycles. The van der Waals surface area contributed by atoms with Crippen LogP contribution in [0.1, 0.15) is 36.6 Å². The fourth-order valence-electron chi connectivity index (χ4n) is 3.66. The Balaban J connectivity index is 1.81. The van der Waals surface area contributed by atoms with Crippen LogP contribution >= 0.6 is 11.6 Å². The molecule has 2 aromatic carbocycles. The van der Waals surface area contributed by atoms with Gasteiger partial charge in [-0.2, -0.15) is 5.10 Å². The number of halogens is 1. The molecule has 1 aliphatic heterocycles. The molecule has 1 aromatic heterocycles. The van der Waals surface area contributed by atoms with E-state index in [0.717, 1.165) is 59.4 Å². The van der Waals surface area contributed by atoms with E-state index < -0.39 is 0 Å². The molecule has 134 valence electrons. The van der Waals surface area contributed by atoms with Gasteiger partial charge in [0.1, 0.15) is 0 Å². The first kappa shape index (κ1) is 17.3. The van der Waals surface area contributed by atoms with Crippen LogP contribution in [0.4, 0.5) is 0 Å². The summed E-state index contributed by atoms with van der Waals surface area (Å²) in [5, 5.41) is 10.7. The number of hydrogen-bond acceptors (Lipinski definition) is 3. The number of nitrogens with zero attached hydrogens (tertiary/aromatic N) is 2. The first-order valence-electron chi connectivity index (χ1n) is 9.18. The van der Waals surface area contributed by atoms with Gasteiger partial charge in [0.05, 0.1) is 17.1 Å². The van der Waals surface area contributed by atoms with Crippen LogP contribution in [-0.4, -0.2) is 22.9 Å². The highest BCUT2D eigenvalue weighted by Gasteiger charge is 2.19. The summed E-state index contributed by atoms with van der Waals surface area (Å²) in [5.41, 5.74) is 2.08. The van der Waals surface area contributed by atoms with Crippen LogP contribution in [0.15, 0.2) is 53.3 Å². The number of hydrogen-bond donors (Lipinski definition) is 1. The molecule has 2 heterocycles. The summed E-state index contributed by atoms with van der Waals surface area (Å²) < 4.78 is 1.71. The lowest BCUT2D eigenvalue weighted by molar-refractivity contribution is 0.403. The Kier molecular flexibility index (Phi) is 5.05. The fourth-order valence-corrected chi connectivity index (χ4v) is 3.78. The summed E-state index contributed by atoms with van der Waals surface area (Å²) in [6.07, 6.45) is 3.93. The summed E-state index contributed by atoms with van der Waals surface area (Å²) in [6, 6.07) is 15.7. The Bertz CT molecular complexity index is 957. The van der Waals surface area contributed by atoms with E-state index in [-0.39, 0.29) is 11.6 Å². The number of aromatic nitrogens is 2. The third-order valence-electron chi connectivity index (χ3n) is 5.06. The van der Waals surface area contributed by atoms with Gasteiger partial charge in [0.25, 0.3) is 5.56 Å². The van der Waals surface area contributed by atoms with Crippen LogP contribution < -0.4 is 10.9 Å². The zero-order valence-electron chi connectivity index (χ0n) is 14.6. The van der Waals surface area contributed by atoms with Gasteiger partial charge in [-0.25, -0.2) is 4.68 Å². The van der Waals surface area contributed by atoms with Gasteiger partial charge in [0.2, 0.25) is 0 Å². The van der Waals surface area contributed by atoms with E-state index in [9.17, 15) is 4.79 Å². The predicted octanol–water partition coefficient (Wildman–Crippen LogP) is 3.96. The van der Waals surface area contributed by atoms with Crippen molar-refractivity contribution in [2.45, 2.75) is 31.7 Å². The van der Waals surface area contributed by atoms with E-state index in [4.69, 9.17) is 16.7 Å². The second-order valence-electron chi connectivity index (χ2n) is 6.90. The van der Waals surface area contributed by atoms with Gasteiger partial charge in [-0.05, 0) is 43.1 Å². The van der Waals surface area contributed by atoms with Crippen molar-refractivity contribution in [1.29, 1.82) is 0 Å². The lowest BCUT2D eigenvalue weighted by Gasteiger charge is -2.19. The summed E-state index contributed by atoms with van der Waals surface area (Å²) in [4.78, 5) is 13.0. The molecule has 26 heavy (non-hydrogen) atoms. The Hall–Kier alpha value is -2.17. The van der Waals surface area contributed by atoms with E-state index in [0.29, 0.717) is 6.42 Å². The minimum Gasteiger partial charge on any atom is -0.315 e. The maximum Gasteiger partial charge on any atom is 0.274 e. The molecule has 1 fully saturated rings. The second-order valence-corrected chi connectivity index (χ2v) is 7.34. The third-order valence-corrected chi connectivity index (χ3v) is 5.31. The monoisotopic (exact) mass is 367 g/mol. The Labute approximate surface area is 157 Å². The van der Waals surface area contributed by atoms with Crippen molar-refractivity contribution < 1.29 is 0 Å². The zero-order chi connectivity index (χ0) is 17.9. The van der Waals surface area contributed by atoms with Crippen molar-refractivity contribution in [3.05, 3.63) is 75.2 Å². The van der Waals surface area contributed by atoms with E-state index >= 15 is 0 Å². The highest BCUT2D eigenvalue weighted by Crippen LogP contribution is 2.21. The normalized spacial score (nSPS) is 18.0. The number of fused-ring (bicyclic) bond motifs is 1. The summed E-state index contributed by atoms with van der Waals surface area (Å²) >= 11 is 6.00. The SMILES string of the molecule is O=c1c2ccccc2c(Cc2ccc(Cl)cc2)nn1C1CCCCNC1. The van der Waals surface area contributed by atoms with Crippen LogP contribution in [0.5, 0.6) is 0 Å². The molecule has 1 N–H and O–H groups in total. The molecule has 1 atom stereocenters. The Morgan fingerprint density at radius 3 is 2.65 bits per heavy atom. The lowest BCUT2D eigenvalue weighted by atomic mass is 10.0. The van der Waals surface area contributed by atoms with Gasteiger partial charge < -0.3 is 5.32 Å². The van der Waals surface area contributed by atoms with Crippen LogP contribution in [-0.2, 0) is 6.42 Å². The summed E-state index contributed by atoms with van der Waals surface area (Å²) in [6.45, 7) is 1.81. The third kappa shape index (κ3) is 3.53. The number of rotatable bonds is 3. The molecule has 1 saturated heterocycles. The number of benzene rings is 2. The standard InChI is InChI=1S/C21H22ClN3O/c22-16-10-8-15(9-11-16)13-20-18-6-1-2-7-19(18)21(26)25(24-20)17-5-3-4-12-23-14-17/h1-2,6-11,17,23H,3-5,12-14H2. The molecule has 4 nitrogen and oxygen atoms in total. The van der Waals surface area contributed by atoms with Crippen molar-refractivity contribution in [3.63, 3.8) is 0 Å². The average Bonchev–Trinajstić information content (AvgIpc) is 2.95. The van der Waals surface area contributed by atoms with Gasteiger partial charge in [-0.1, -0.05) is 48.4 Å². The first-order valence-corrected chi connectivity index (χ1v) is 9.56. The molecule has 0 spiro atoms. The van der Waals surface area contributed by atoms with Crippen molar-refractivity contribution in [2.75, 3.05) is 13.1 Å². The van der Waals surface area contributed by atoms with Gasteiger partial charge in [-0.15, -0.1) is 0 Å². The molecule has 1 unspecified atom stereocenters. The molecular weight excluding hydrogens is 346 g/mol. The Morgan fingerprint density at radius 2 is 1.85 bits per heavy atom.